The minimum atomic E-state index is -0.678. The Morgan fingerprint density at radius 1 is 1.12 bits per heavy atom. The van der Waals surface area contributed by atoms with Crippen LogP contribution in [0, 0.1) is 42.2 Å². The fourth-order valence-corrected chi connectivity index (χ4v) is 5.33. The number of ether oxygens (including phenoxy) is 1. The lowest BCUT2D eigenvalue weighted by molar-refractivity contribution is -0.384. The number of H-pyrrole nitrogens is 1. The highest BCUT2D eigenvalue weighted by atomic mass is 32.1. The number of nitrogens with one attached hydrogen (secondary N) is 1. The predicted molar refractivity (Wildman–Crippen MR) is 150 cm³/mol. The lowest BCUT2D eigenvalue weighted by Crippen LogP contribution is -2.31. The van der Waals surface area contributed by atoms with Crippen molar-refractivity contribution in [3.63, 3.8) is 0 Å². The van der Waals surface area contributed by atoms with Crippen LogP contribution in [0.15, 0.2) is 53.3 Å². The first-order valence-corrected chi connectivity index (χ1v) is 13.0. The minimum absolute atomic E-state index is 0.0503. The summed E-state index contributed by atoms with van der Waals surface area (Å²) in [5.74, 6) is -1.26. The van der Waals surface area contributed by atoms with E-state index in [2.05, 4.69) is 4.98 Å². The van der Waals surface area contributed by atoms with E-state index in [1.807, 2.05) is 13.0 Å². The predicted octanol–water partition coefficient (Wildman–Crippen LogP) is 3.62. The molecule has 0 fully saturated rings. The standard InChI is InChI=1S/C29H24N4O6S/c1-5-39-29(36)24-17(3)25(31-18(24)4)26(34)22(15-30)28-32(20-10-6-16(2)7-11-20)27(35)23(40-28)14-19-8-12-21(13-9-19)33(37)38/h6-14,31H,5H2,1-4H3/b23-14-,28-22+. The molecule has 0 spiro atoms. The first-order valence-electron chi connectivity index (χ1n) is 12.2. The molecule has 0 unspecified atom stereocenters. The molecule has 0 radical (unpaired) electrons. The smallest absolute Gasteiger partial charge is 0.340 e. The molecule has 0 amide bonds. The van der Waals surface area contributed by atoms with Gasteiger partial charge in [0.15, 0.2) is 0 Å². The number of carbonyl (C=O) groups is 2. The Morgan fingerprint density at radius 3 is 2.35 bits per heavy atom. The lowest BCUT2D eigenvalue weighted by Gasteiger charge is -2.05. The normalized spacial score (nSPS) is 12.1. The number of thiazole rings is 1. The Hall–Kier alpha value is -5.08. The molecule has 1 N–H and O–H groups in total. The highest BCUT2D eigenvalue weighted by Gasteiger charge is 2.26. The molecule has 202 valence electrons. The number of hydrogen-bond donors (Lipinski definition) is 1. The van der Waals surface area contributed by atoms with Gasteiger partial charge in [-0.3, -0.25) is 24.3 Å². The van der Waals surface area contributed by atoms with Gasteiger partial charge in [0.25, 0.3) is 11.2 Å². The van der Waals surface area contributed by atoms with E-state index in [4.69, 9.17) is 4.74 Å². The van der Waals surface area contributed by atoms with E-state index in [9.17, 15) is 29.8 Å². The molecule has 40 heavy (non-hydrogen) atoms. The van der Waals surface area contributed by atoms with Crippen LogP contribution in [0.1, 0.15) is 50.2 Å². The molecule has 2 heterocycles. The quantitative estimate of drug-likeness (QED) is 0.158. The van der Waals surface area contributed by atoms with Crippen LogP contribution in [0.3, 0.4) is 0 Å². The van der Waals surface area contributed by atoms with E-state index in [1.54, 1.807) is 51.1 Å². The zero-order valence-electron chi connectivity index (χ0n) is 22.1. The van der Waals surface area contributed by atoms with Gasteiger partial charge in [-0.1, -0.05) is 17.7 Å². The highest BCUT2D eigenvalue weighted by molar-refractivity contribution is 7.07. The maximum Gasteiger partial charge on any atom is 0.340 e. The van der Waals surface area contributed by atoms with Crippen molar-refractivity contribution >= 4 is 40.4 Å². The van der Waals surface area contributed by atoms with Crippen LogP contribution in [-0.2, 0) is 4.74 Å². The van der Waals surface area contributed by atoms with Crippen LogP contribution in [-0.4, -0.2) is 32.8 Å². The second kappa shape index (κ2) is 11.3. The van der Waals surface area contributed by atoms with Crippen molar-refractivity contribution in [3.8, 4) is 11.8 Å². The third kappa shape index (κ3) is 5.25. The Labute approximate surface area is 232 Å². The van der Waals surface area contributed by atoms with E-state index in [0.29, 0.717) is 22.5 Å². The van der Waals surface area contributed by atoms with E-state index in [-0.39, 0.29) is 38.3 Å². The number of carbonyl (C=O) groups excluding carboxylic acids is 2. The molecule has 4 rings (SSSR count). The number of Topliss-reactive ketones (excluding diaryl/α,β-unsaturated/α-hetero) is 1. The van der Waals surface area contributed by atoms with Crippen molar-refractivity contribution in [2.24, 2.45) is 0 Å². The first-order chi connectivity index (χ1) is 19.1. The third-order valence-electron chi connectivity index (χ3n) is 6.21. The van der Waals surface area contributed by atoms with Gasteiger partial charge in [0.1, 0.15) is 16.3 Å². The maximum absolute atomic E-state index is 13.7. The zero-order chi connectivity index (χ0) is 29.1. The first kappa shape index (κ1) is 27.9. The summed E-state index contributed by atoms with van der Waals surface area (Å²) in [7, 11) is 0. The number of nitro groups is 1. The van der Waals surface area contributed by atoms with E-state index in [0.717, 1.165) is 16.9 Å². The second-order valence-electron chi connectivity index (χ2n) is 8.90. The zero-order valence-corrected chi connectivity index (χ0v) is 22.9. The number of ketones is 1. The van der Waals surface area contributed by atoms with Crippen LogP contribution in [0.25, 0.3) is 17.3 Å². The van der Waals surface area contributed by atoms with Crippen LogP contribution >= 0.6 is 11.3 Å². The third-order valence-corrected chi connectivity index (χ3v) is 7.31. The molecule has 0 saturated carbocycles. The Morgan fingerprint density at radius 2 is 1.77 bits per heavy atom. The summed E-state index contributed by atoms with van der Waals surface area (Å²) in [5.41, 5.74) is 2.13. The number of aromatic nitrogens is 2. The minimum Gasteiger partial charge on any atom is -0.462 e. The number of aromatic amines is 1. The largest absolute Gasteiger partial charge is 0.462 e. The fourth-order valence-electron chi connectivity index (χ4n) is 4.23. The number of hydrogen-bond acceptors (Lipinski definition) is 8. The monoisotopic (exact) mass is 556 g/mol. The summed E-state index contributed by atoms with van der Waals surface area (Å²) in [6.07, 6.45) is 1.55. The van der Waals surface area contributed by atoms with Crippen molar-refractivity contribution in [1.29, 1.82) is 5.26 Å². The molecular formula is C29H24N4O6S. The maximum atomic E-state index is 13.7. The Kier molecular flexibility index (Phi) is 7.93. The number of non-ortho nitro benzene ring substituents is 1. The van der Waals surface area contributed by atoms with Crippen molar-refractivity contribution < 1.29 is 19.2 Å². The van der Waals surface area contributed by atoms with Gasteiger partial charge in [-0.05, 0) is 69.2 Å². The fraction of sp³-hybridized carbons (Fsp3) is 0.172. The van der Waals surface area contributed by atoms with E-state index in [1.165, 1.54) is 28.8 Å². The summed E-state index contributed by atoms with van der Waals surface area (Å²) in [5, 5.41) is 21.2. The number of aryl methyl sites for hydroxylation is 2. The molecular weight excluding hydrogens is 532 g/mol. The van der Waals surface area contributed by atoms with Crippen molar-refractivity contribution in [3.05, 3.63) is 112 Å². The molecule has 0 aliphatic carbocycles. The van der Waals surface area contributed by atoms with Gasteiger partial charge in [0.05, 0.1) is 33.0 Å². The number of nitro benzene ring substituents is 1. The SMILES string of the molecule is CCOC(=O)c1c(C)[nH]c(C(=O)/C(C#N)=c2/s/c(=C\c3ccc([N+](=O)[O-])cc3)c(=O)n2-c2ccc(C)cc2)c1C. The van der Waals surface area contributed by atoms with Gasteiger partial charge in [0, 0.05) is 17.8 Å². The summed E-state index contributed by atoms with van der Waals surface area (Å²) in [4.78, 5) is 53.3. The Bertz CT molecular complexity index is 1870. The molecule has 0 saturated heterocycles. The molecule has 0 aliphatic heterocycles. The van der Waals surface area contributed by atoms with E-state index < -0.39 is 22.2 Å². The second-order valence-corrected chi connectivity index (χ2v) is 9.93. The molecule has 0 aliphatic rings. The molecule has 10 nitrogen and oxygen atoms in total. The lowest BCUT2D eigenvalue weighted by atomic mass is 10.0. The molecule has 2 aromatic carbocycles. The number of nitrogens with zero attached hydrogens (tertiary/aromatic N) is 3. The molecule has 0 atom stereocenters. The van der Waals surface area contributed by atoms with Gasteiger partial charge < -0.3 is 9.72 Å². The topological polar surface area (TPSA) is 148 Å². The molecule has 0 bridgehead atoms. The summed E-state index contributed by atoms with van der Waals surface area (Å²) >= 11 is 0.953. The number of esters is 1. The van der Waals surface area contributed by atoms with Crippen molar-refractivity contribution in [1.82, 2.24) is 9.55 Å². The van der Waals surface area contributed by atoms with Gasteiger partial charge in [-0.25, -0.2) is 4.79 Å². The average Bonchev–Trinajstić information content (AvgIpc) is 3.40. The Balaban J connectivity index is 1.99. The molecule has 11 heteroatoms. The number of nitriles is 1. The number of benzene rings is 2. The van der Waals surface area contributed by atoms with Gasteiger partial charge in [-0.2, -0.15) is 5.26 Å². The van der Waals surface area contributed by atoms with Crippen LogP contribution < -0.4 is 14.8 Å². The van der Waals surface area contributed by atoms with Crippen LogP contribution in [0.4, 0.5) is 5.69 Å². The highest BCUT2D eigenvalue weighted by Crippen LogP contribution is 2.22. The molecule has 2 aromatic heterocycles. The van der Waals surface area contributed by atoms with Gasteiger partial charge in [-0.15, -0.1) is 11.3 Å². The van der Waals surface area contributed by atoms with Gasteiger partial charge in [0.2, 0.25) is 5.78 Å². The van der Waals surface area contributed by atoms with Gasteiger partial charge >= 0.3 is 5.97 Å². The summed E-state index contributed by atoms with van der Waals surface area (Å²) in [6.45, 7) is 6.95. The summed E-state index contributed by atoms with van der Waals surface area (Å²) in [6, 6.07) is 14.7. The van der Waals surface area contributed by atoms with Crippen molar-refractivity contribution in [2.75, 3.05) is 6.61 Å². The summed E-state index contributed by atoms with van der Waals surface area (Å²) < 4.78 is 6.74. The molecule has 4 aromatic rings. The van der Waals surface area contributed by atoms with Crippen LogP contribution in [0.5, 0.6) is 0 Å². The van der Waals surface area contributed by atoms with E-state index >= 15 is 0 Å². The van der Waals surface area contributed by atoms with Crippen LogP contribution in [0.2, 0.25) is 0 Å². The average molecular weight is 557 g/mol. The number of rotatable bonds is 7. The van der Waals surface area contributed by atoms with Crippen molar-refractivity contribution in [2.45, 2.75) is 27.7 Å².